The van der Waals surface area contributed by atoms with E-state index in [1.54, 1.807) is 0 Å². The van der Waals surface area contributed by atoms with E-state index in [1.165, 1.54) is 63.8 Å². The van der Waals surface area contributed by atoms with E-state index < -0.39 is 8.32 Å². The van der Waals surface area contributed by atoms with Crippen molar-refractivity contribution in [3.05, 3.63) is 0 Å². The standard InChI is InChI=1S/C16H36OSi/c1-6-9-10-11-12-13-15-16(14-7-2)17-18(4,5)8-3/h16H,6-15H2,1-5H3. The summed E-state index contributed by atoms with van der Waals surface area (Å²) in [7, 11) is -1.36. The fraction of sp³-hybridized carbons (Fsp3) is 1.00. The molecule has 0 N–H and O–H groups in total. The molecule has 0 saturated heterocycles. The van der Waals surface area contributed by atoms with Crippen LogP contribution in [0.5, 0.6) is 0 Å². The van der Waals surface area contributed by atoms with Crippen molar-refractivity contribution in [2.24, 2.45) is 0 Å². The summed E-state index contributed by atoms with van der Waals surface area (Å²) in [5.41, 5.74) is 0. The molecule has 0 rings (SSSR count). The Labute approximate surface area is 117 Å². The normalized spacial score (nSPS) is 13.8. The summed E-state index contributed by atoms with van der Waals surface area (Å²) in [6, 6.07) is 1.24. The van der Waals surface area contributed by atoms with Crippen LogP contribution in [0.4, 0.5) is 0 Å². The Morgan fingerprint density at radius 3 is 1.94 bits per heavy atom. The third-order valence-electron chi connectivity index (χ3n) is 3.83. The van der Waals surface area contributed by atoms with Crippen molar-refractivity contribution in [3.63, 3.8) is 0 Å². The van der Waals surface area contributed by atoms with Crippen LogP contribution in [0, 0.1) is 0 Å². The second kappa shape index (κ2) is 11.0. The zero-order valence-corrected chi connectivity index (χ0v) is 14.6. The van der Waals surface area contributed by atoms with Gasteiger partial charge in [-0.25, -0.2) is 0 Å². The largest absolute Gasteiger partial charge is 0.414 e. The molecule has 0 aliphatic rings. The minimum Gasteiger partial charge on any atom is -0.414 e. The number of rotatable bonds is 12. The van der Waals surface area contributed by atoms with Crippen LogP contribution >= 0.6 is 0 Å². The summed E-state index contributed by atoms with van der Waals surface area (Å²) in [5.74, 6) is 0. The maximum Gasteiger partial charge on any atom is 0.186 e. The molecular formula is C16H36OSi. The minimum atomic E-state index is -1.36. The Balaban J connectivity index is 3.76. The smallest absolute Gasteiger partial charge is 0.186 e. The molecule has 2 heteroatoms. The van der Waals surface area contributed by atoms with Crippen molar-refractivity contribution in [2.45, 2.75) is 104 Å². The summed E-state index contributed by atoms with van der Waals surface area (Å²) in [4.78, 5) is 0. The van der Waals surface area contributed by atoms with Crippen molar-refractivity contribution in [2.75, 3.05) is 0 Å². The van der Waals surface area contributed by atoms with Crippen molar-refractivity contribution < 1.29 is 4.43 Å². The lowest BCUT2D eigenvalue weighted by molar-refractivity contribution is 0.166. The quantitative estimate of drug-likeness (QED) is 0.306. The van der Waals surface area contributed by atoms with E-state index in [9.17, 15) is 0 Å². The zero-order valence-electron chi connectivity index (χ0n) is 13.6. The lowest BCUT2D eigenvalue weighted by Crippen LogP contribution is -2.34. The van der Waals surface area contributed by atoms with Gasteiger partial charge in [0.05, 0.1) is 0 Å². The van der Waals surface area contributed by atoms with Gasteiger partial charge in [0.25, 0.3) is 0 Å². The molecule has 0 aliphatic heterocycles. The first-order valence-electron chi connectivity index (χ1n) is 8.23. The van der Waals surface area contributed by atoms with Gasteiger partial charge in [0.15, 0.2) is 8.32 Å². The maximum atomic E-state index is 6.39. The second-order valence-electron chi connectivity index (χ2n) is 6.20. The van der Waals surface area contributed by atoms with E-state index in [2.05, 4.69) is 33.9 Å². The summed E-state index contributed by atoms with van der Waals surface area (Å²) in [6.07, 6.45) is 12.7. The molecular weight excluding hydrogens is 236 g/mol. The van der Waals surface area contributed by atoms with Gasteiger partial charge < -0.3 is 4.43 Å². The van der Waals surface area contributed by atoms with E-state index in [-0.39, 0.29) is 0 Å². The van der Waals surface area contributed by atoms with Crippen molar-refractivity contribution in [3.8, 4) is 0 Å². The maximum absolute atomic E-state index is 6.39. The first-order valence-corrected chi connectivity index (χ1v) is 11.3. The van der Waals surface area contributed by atoms with Gasteiger partial charge in [0, 0.05) is 6.10 Å². The predicted molar refractivity (Wildman–Crippen MR) is 85.7 cm³/mol. The van der Waals surface area contributed by atoms with Crippen LogP contribution in [-0.4, -0.2) is 14.4 Å². The molecule has 1 atom stereocenters. The Morgan fingerprint density at radius 1 is 0.778 bits per heavy atom. The van der Waals surface area contributed by atoms with E-state index >= 15 is 0 Å². The third-order valence-corrected chi connectivity index (χ3v) is 6.50. The molecule has 0 spiro atoms. The Morgan fingerprint density at radius 2 is 1.39 bits per heavy atom. The van der Waals surface area contributed by atoms with Crippen LogP contribution in [0.3, 0.4) is 0 Å². The SMILES string of the molecule is CCCCCCCCC(CCC)O[Si](C)(C)CC. The summed E-state index contributed by atoms with van der Waals surface area (Å²) >= 11 is 0. The fourth-order valence-corrected chi connectivity index (χ4v) is 3.58. The van der Waals surface area contributed by atoms with Crippen LogP contribution in [-0.2, 0) is 4.43 Å². The average molecular weight is 273 g/mol. The van der Waals surface area contributed by atoms with E-state index in [0.717, 1.165) is 0 Å². The lowest BCUT2D eigenvalue weighted by atomic mass is 10.0. The molecule has 1 unspecified atom stereocenters. The topological polar surface area (TPSA) is 9.23 Å². The molecule has 0 aromatic rings. The molecule has 0 saturated carbocycles. The van der Waals surface area contributed by atoms with Crippen LogP contribution in [0.15, 0.2) is 0 Å². The predicted octanol–water partition coefficient (Wildman–Crippen LogP) is 6.15. The Kier molecular flexibility index (Phi) is 11.1. The molecule has 0 heterocycles. The van der Waals surface area contributed by atoms with Gasteiger partial charge in [-0.05, 0) is 32.0 Å². The number of unbranched alkanes of at least 4 members (excludes halogenated alkanes) is 5. The van der Waals surface area contributed by atoms with Gasteiger partial charge in [-0.3, -0.25) is 0 Å². The van der Waals surface area contributed by atoms with Crippen LogP contribution < -0.4 is 0 Å². The van der Waals surface area contributed by atoms with Crippen LogP contribution in [0.2, 0.25) is 19.1 Å². The first kappa shape index (κ1) is 18.2. The fourth-order valence-electron chi connectivity index (χ4n) is 2.27. The van der Waals surface area contributed by atoms with Gasteiger partial charge in [0.2, 0.25) is 0 Å². The summed E-state index contributed by atoms with van der Waals surface area (Å²) < 4.78 is 6.39. The highest BCUT2D eigenvalue weighted by Gasteiger charge is 2.23. The zero-order chi connectivity index (χ0) is 13.9. The Hall–Kier alpha value is 0.177. The van der Waals surface area contributed by atoms with Gasteiger partial charge >= 0.3 is 0 Å². The first-order chi connectivity index (χ1) is 8.55. The van der Waals surface area contributed by atoms with Gasteiger partial charge in [0.1, 0.15) is 0 Å². The van der Waals surface area contributed by atoms with E-state index in [0.29, 0.717) is 6.10 Å². The molecule has 0 aromatic carbocycles. The molecule has 0 radical (unpaired) electrons. The second-order valence-corrected chi connectivity index (χ2v) is 10.7. The summed E-state index contributed by atoms with van der Waals surface area (Å²) in [6.45, 7) is 11.6. The Bertz CT molecular complexity index is 180. The molecule has 0 aliphatic carbocycles. The molecule has 0 amide bonds. The van der Waals surface area contributed by atoms with Crippen LogP contribution in [0.25, 0.3) is 0 Å². The van der Waals surface area contributed by atoms with Gasteiger partial charge in [-0.15, -0.1) is 0 Å². The van der Waals surface area contributed by atoms with Gasteiger partial charge in [-0.1, -0.05) is 65.7 Å². The highest BCUT2D eigenvalue weighted by Crippen LogP contribution is 2.20. The minimum absolute atomic E-state index is 0.544. The number of hydrogen-bond donors (Lipinski definition) is 0. The van der Waals surface area contributed by atoms with Crippen molar-refractivity contribution >= 4 is 8.32 Å². The van der Waals surface area contributed by atoms with Crippen LogP contribution in [0.1, 0.15) is 78.6 Å². The highest BCUT2D eigenvalue weighted by atomic mass is 28.4. The van der Waals surface area contributed by atoms with Crippen molar-refractivity contribution in [1.29, 1.82) is 0 Å². The third kappa shape index (κ3) is 10.1. The molecule has 0 bridgehead atoms. The van der Waals surface area contributed by atoms with Gasteiger partial charge in [-0.2, -0.15) is 0 Å². The lowest BCUT2D eigenvalue weighted by Gasteiger charge is -2.28. The van der Waals surface area contributed by atoms with E-state index in [4.69, 9.17) is 4.43 Å². The number of hydrogen-bond acceptors (Lipinski definition) is 1. The highest BCUT2D eigenvalue weighted by molar-refractivity contribution is 6.71. The molecule has 0 fully saturated rings. The monoisotopic (exact) mass is 272 g/mol. The van der Waals surface area contributed by atoms with Crippen molar-refractivity contribution in [1.82, 2.24) is 0 Å². The average Bonchev–Trinajstić information content (AvgIpc) is 2.33. The molecule has 0 aromatic heterocycles. The summed E-state index contributed by atoms with van der Waals surface area (Å²) in [5, 5.41) is 0. The molecule has 1 nitrogen and oxygen atoms in total. The molecule has 110 valence electrons. The molecule has 18 heavy (non-hydrogen) atoms. The van der Waals surface area contributed by atoms with E-state index in [1.807, 2.05) is 0 Å².